The molecule has 0 bridgehead atoms. The highest BCUT2D eigenvalue weighted by Crippen LogP contribution is 2.10. The van der Waals surface area contributed by atoms with Crippen LogP contribution in [0.3, 0.4) is 0 Å². The van der Waals surface area contributed by atoms with Gasteiger partial charge < -0.3 is 5.11 Å². The van der Waals surface area contributed by atoms with Gasteiger partial charge in [0, 0.05) is 6.20 Å². The van der Waals surface area contributed by atoms with E-state index in [1.807, 2.05) is 0 Å². The molecule has 0 amide bonds. The number of rotatable bonds is 0. The van der Waals surface area contributed by atoms with E-state index in [1.165, 1.54) is 18.9 Å². The normalized spacial score (nSPS) is 10.3. The second-order valence-corrected chi connectivity index (χ2v) is 2.15. The maximum absolute atomic E-state index is 10.4. The molecule has 0 saturated carbocycles. The molecule has 0 radical (unpaired) electrons. The van der Waals surface area contributed by atoms with Gasteiger partial charge in [0.15, 0.2) is 5.82 Å². The first-order chi connectivity index (χ1) is 5.77. The monoisotopic (exact) mass is 164 g/mol. The summed E-state index contributed by atoms with van der Waals surface area (Å²) < 4.78 is 0.928. The molecule has 0 aromatic heterocycles. The predicted octanol–water partition coefficient (Wildman–Crippen LogP) is 0.304. The van der Waals surface area contributed by atoms with Crippen LogP contribution in [-0.4, -0.2) is 30.7 Å². The molecular weight excluding hydrogens is 160 g/mol. The maximum atomic E-state index is 10.4. The quantitative estimate of drug-likeness (QED) is 0.605. The molecule has 12 heavy (non-hydrogen) atoms. The van der Waals surface area contributed by atoms with Crippen LogP contribution in [0.1, 0.15) is 0 Å². The zero-order valence-corrected chi connectivity index (χ0v) is 5.88. The van der Waals surface area contributed by atoms with Crippen molar-refractivity contribution >= 4 is 6.09 Å². The Morgan fingerprint density at radius 3 is 3.00 bits per heavy atom. The van der Waals surface area contributed by atoms with Crippen molar-refractivity contribution in [2.75, 3.05) is 0 Å². The SMILES string of the molecule is O=C(O)n1cnc2ncnc-2c1. The minimum absolute atomic E-state index is 0.451. The smallest absolute Gasteiger partial charge is 0.416 e. The van der Waals surface area contributed by atoms with Gasteiger partial charge in [0.2, 0.25) is 0 Å². The number of carboxylic acid groups (broad SMARTS) is 1. The van der Waals surface area contributed by atoms with Crippen molar-refractivity contribution < 1.29 is 9.90 Å². The second-order valence-electron chi connectivity index (χ2n) is 2.15. The molecule has 6 heteroatoms. The average Bonchev–Trinajstić information content (AvgIpc) is 2.49. The van der Waals surface area contributed by atoms with Crippen LogP contribution in [0.25, 0.3) is 11.5 Å². The molecule has 0 aromatic carbocycles. The molecule has 2 aliphatic rings. The van der Waals surface area contributed by atoms with Crippen molar-refractivity contribution in [3.8, 4) is 11.5 Å². The number of hydrogen-bond donors (Lipinski definition) is 1. The molecule has 2 rings (SSSR count). The highest BCUT2D eigenvalue weighted by Gasteiger charge is 2.08. The number of carbonyl (C=O) groups is 1. The molecular formula is C6H4N4O2. The summed E-state index contributed by atoms with van der Waals surface area (Å²) >= 11 is 0. The van der Waals surface area contributed by atoms with Crippen molar-refractivity contribution in [2.45, 2.75) is 0 Å². The lowest BCUT2D eigenvalue weighted by molar-refractivity contribution is 0.196. The summed E-state index contributed by atoms with van der Waals surface area (Å²) in [6.07, 6.45) is 2.79. The standard InChI is InChI=1S/C6H4N4O2/c11-6(12)10-1-4-5(9-3-10)8-2-7-4/h1-3H,(H,11,12). The Labute approximate surface area is 66.9 Å². The molecule has 2 aliphatic heterocycles. The molecule has 60 valence electrons. The Bertz CT molecular complexity index is 397. The first-order valence-electron chi connectivity index (χ1n) is 3.15. The lowest BCUT2D eigenvalue weighted by atomic mass is 10.4. The number of nitrogens with zero attached hydrogens (tertiary/aromatic N) is 4. The zero-order chi connectivity index (χ0) is 8.55. The molecule has 0 spiro atoms. The highest BCUT2D eigenvalue weighted by atomic mass is 16.4. The first-order valence-corrected chi connectivity index (χ1v) is 3.15. The third kappa shape index (κ3) is 0.895. The molecule has 6 nitrogen and oxygen atoms in total. The Hall–Kier alpha value is -1.98. The van der Waals surface area contributed by atoms with Gasteiger partial charge in [-0.25, -0.2) is 24.3 Å². The largest absolute Gasteiger partial charge is 0.464 e. The summed E-state index contributed by atoms with van der Waals surface area (Å²) in [6, 6.07) is 0. The lowest BCUT2D eigenvalue weighted by Gasteiger charge is -1.99. The molecule has 0 aliphatic carbocycles. The van der Waals surface area contributed by atoms with Crippen LogP contribution in [0.2, 0.25) is 0 Å². The molecule has 0 atom stereocenters. The summed E-state index contributed by atoms with van der Waals surface area (Å²) in [6.45, 7) is 0. The van der Waals surface area contributed by atoms with Crippen LogP contribution in [-0.2, 0) is 0 Å². The van der Waals surface area contributed by atoms with Gasteiger partial charge in [-0.05, 0) is 0 Å². The maximum Gasteiger partial charge on any atom is 0.416 e. The predicted molar refractivity (Wildman–Crippen MR) is 37.9 cm³/mol. The Balaban J connectivity index is 2.62. The molecule has 0 unspecified atom stereocenters. The van der Waals surface area contributed by atoms with Crippen molar-refractivity contribution in [3.63, 3.8) is 0 Å². The van der Waals surface area contributed by atoms with E-state index in [0.717, 1.165) is 4.57 Å². The van der Waals surface area contributed by atoms with Gasteiger partial charge in [-0.2, -0.15) is 0 Å². The fourth-order valence-corrected chi connectivity index (χ4v) is 0.847. The van der Waals surface area contributed by atoms with Gasteiger partial charge in [-0.1, -0.05) is 0 Å². The lowest BCUT2D eigenvalue weighted by Crippen LogP contribution is -2.09. The van der Waals surface area contributed by atoms with Crippen molar-refractivity contribution in [1.29, 1.82) is 0 Å². The van der Waals surface area contributed by atoms with Crippen LogP contribution >= 0.6 is 0 Å². The fraction of sp³-hybridized carbons (Fsp3) is 0. The number of imidazole rings is 1. The van der Waals surface area contributed by atoms with Gasteiger partial charge in [-0.15, -0.1) is 0 Å². The summed E-state index contributed by atoms with van der Waals surface area (Å²) in [4.78, 5) is 21.8. The van der Waals surface area contributed by atoms with Crippen LogP contribution in [0, 0.1) is 0 Å². The zero-order valence-electron chi connectivity index (χ0n) is 5.88. The van der Waals surface area contributed by atoms with Gasteiger partial charge in [0.05, 0.1) is 0 Å². The van der Waals surface area contributed by atoms with Crippen molar-refractivity contribution in [2.24, 2.45) is 0 Å². The number of fused-ring (bicyclic) bond motifs is 1. The Morgan fingerprint density at radius 1 is 1.42 bits per heavy atom. The van der Waals surface area contributed by atoms with E-state index in [1.54, 1.807) is 0 Å². The van der Waals surface area contributed by atoms with Crippen LogP contribution in [0.15, 0.2) is 18.9 Å². The van der Waals surface area contributed by atoms with E-state index >= 15 is 0 Å². The van der Waals surface area contributed by atoms with Crippen LogP contribution < -0.4 is 0 Å². The van der Waals surface area contributed by atoms with Crippen LogP contribution in [0.4, 0.5) is 4.79 Å². The molecule has 0 fully saturated rings. The fourth-order valence-electron chi connectivity index (χ4n) is 0.847. The summed E-state index contributed by atoms with van der Waals surface area (Å²) in [5.74, 6) is 0.451. The number of aromatic nitrogens is 4. The van der Waals surface area contributed by atoms with Crippen molar-refractivity contribution in [3.05, 3.63) is 18.9 Å². The Morgan fingerprint density at radius 2 is 2.25 bits per heavy atom. The van der Waals surface area contributed by atoms with E-state index in [9.17, 15) is 4.79 Å². The summed E-state index contributed by atoms with van der Waals surface area (Å²) in [5.41, 5.74) is 0.472. The highest BCUT2D eigenvalue weighted by molar-refractivity contribution is 5.69. The van der Waals surface area contributed by atoms with E-state index < -0.39 is 6.09 Å². The molecule has 1 N–H and O–H groups in total. The summed E-state index contributed by atoms with van der Waals surface area (Å²) in [5, 5.41) is 8.56. The van der Waals surface area contributed by atoms with Gasteiger partial charge >= 0.3 is 6.09 Å². The second kappa shape index (κ2) is 2.26. The van der Waals surface area contributed by atoms with E-state index in [2.05, 4.69) is 15.0 Å². The average molecular weight is 164 g/mol. The minimum Gasteiger partial charge on any atom is -0.464 e. The summed E-state index contributed by atoms with van der Waals surface area (Å²) in [7, 11) is 0. The van der Waals surface area contributed by atoms with E-state index in [-0.39, 0.29) is 0 Å². The third-order valence-corrected chi connectivity index (χ3v) is 1.39. The van der Waals surface area contributed by atoms with Crippen molar-refractivity contribution in [1.82, 2.24) is 19.5 Å². The molecule has 2 heterocycles. The first kappa shape index (κ1) is 6.71. The van der Waals surface area contributed by atoms with E-state index in [4.69, 9.17) is 5.11 Å². The minimum atomic E-state index is -1.09. The molecule has 0 saturated heterocycles. The molecule has 0 aromatic rings. The van der Waals surface area contributed by atoms with Gasteiger partial charge in [0.1, 0.15) is 18.3 Å². The Kier molecular flexibility index (Phi) is 1.26. The number of hydrogen-bond acceptors (Lipinski definition) is 4. The third-order valence-electron chi connectivity index (χ3n) is 1.39. The van der Waals surface area contributed by atoms with Crippen LogP contribution in [0.5, 0.6) is 0 Å². The van der Waals surface area contributed by atoms with Gasteiger partial charge in [-0.3, -0.25) is 0 Å². The van der Waals surface area contributed by atoms with Gasteiger partial charge in [0.25, 0.3) is 0 Å². The topological polar surface area (TPSA) is 80.9 Å². The van der Waals surface area contributed by atoms with E-state index in [0.29, 0.717) is 11.5 Å².